The Bertz CT molecular complexity index is 357. The number of halogens is 3. The van der Waals surface area contributed by atoms with E-state index in [0.29, 0.717) is 6.42 Å². The van der Waals surface area contributed by atoms with Crippen LogP contribution in [-0.4, -0.2) is 29.8 Å². The van der Waals surface area contributed by atoms with Gasteiger partial charge in [0.15, 0.2) is 6.04 Å². The lowest BCUT2D eigenvalue weighted by Crippen LogP contribution is -2.35. The maximum atomic E-state index is 12.9. The number of methoxy groups -OCH3 is 1. The van der Waals surface area contributed by atoms with Gasteiger partial charge in [-0.3, -0.25) is 4.98 Å². The van der Waals surface area contributed by atoms with Crippen LogP contribution in [0.5, 0.6) is 5.88 Å². The van der Waals surface area contributed by atoms with Gasteiger partial charge in [-0.1, -0.05) is 6.92 Å². The molecular weight excluding hydrogens is 235 g/mol. The molecule has 1 unspecified atom stereocenters. The van der Waals surface area contributed by atoms with Gasteiger partial charge in [0.2, 0.25) is 5.88 Å². The second kappa shape index (κ2) is 5.81. The van der Waals surface area contributed by atoms with Crippen molar-refractivity contribution in [2.45, 2.75) is 25.6 Å². The van der Waals surface area contributed by atoms with Gasteiger partial charge in [0, 0.05) is 12.4 Å². The van der Waals surface area contributed by atoms with Crippen molar-refractivity contribution in [2.24, 2.45) is 0 Å². The van der Waals surface area contributed by atoms with Gasteiger partial charge in [-0.2, -0.15) is 13.2 Å². The maximum absolute atomic E-state index is 12.9. The minimum absolute atomic E-state index is 0.113. The van der Waals surface area contributed by atoms with E-state index in [4.69, 9.17) is 4.74 Å². The quantitative estimate of drug-likeness (QED) is 0.868. The normalized spacial score (nSPS) is 13.5. The first-order chi connectivity index (χ1) is 8.00. The fraction of sp³-hybridized carbons (Fsp3) is 0.600. The first-order valence-corrected chi connectivity index (χ1v) is 5.15. The maximum Gasteiger partial charge on any atom is 0.409 e. The summed E-state index contributed by atoms with van der Waals surface area (Å²) in [5, 5.41) is 2.39. The van der Waals surface area contributed by atoms with Crippen molar-refractivity contribution in [2.75, 3.05) is 13.7 Å². The van der Waals surface area contributed by atoms with Crippen LogP contribution in [0.4, 0.5) is 13.2 Å². The molecule has 0 saturated heterocycles. The van der Waals surface area contributed by atoms with Gasteiger partial charge < -0.3 is 10.1 Å². The van der Waals surface area contributed by atoms with Gasteiger partial charge in [-0.15, -0.1) is 0 Å². The molecule has 1 heterocycles. The van der Waals surface area contributed by atoms with Crippen molar-refractivity contribution < 1.29 is 17.9 Å². The number of hydrogen-bond acceptors (Lipinski definition) is 4. The number of nitrogens with zero attached hydrogens (tertiary/aromatic N) is 2. The molecule has 0 radical (unpaired) electrons. The zero-order valence-corrected chi connectivity index (χ0v) is 9.58. The summed E-state index contributed by atoms with van der Waals surface area (Å²) >= 11 is 0. The second-order valence-electron chi connectivity index (χ2n) is 3.38. The van der Waals surface area contributed by atoms with Gasteiger partial charge >= 0.3 is 6.18 Å². The van der Waals surface area contributed by atoms with Gasteiger partial charge in [-0.25, -0.2) is 4.98 Å². The molecule has 0 bridgehead atoms. The largest absolute Gasteiger partial charge is 0.480 e. The van der Waals surface area contributed by atoms with E-state index >= 15 is 0 Å². The highest BCUT2D eigenvalue weighted by atomic mass is 19.4. The van der Waals surface area contributed by atoms with Gasteiger partial charge in [0.1, 0.15) is 5.69 Å². The van der Waals surface area contributed by atoms with Crippen LogP contribution in [-0.2, 0) is 0 Å². The predicted octanol–water partition coefficient (Wildman–Crippen LogP) is 2.09. The van der Waals surface area contributed by atoms with Crippen LogP contribution in [0.3, 0.4) is 0 Å². The third kappa shape index (κ3) is 3.55. The third-order valence-electron chi connectivity index (χ3n) is 2.08. The van der Waals surface area contributed by atoms with E-state index in [1.165, 1.54) is 19.5 Å². The zero-order valence-electron chi connectivity index (χ0n) is 9.58. The molecule has 17 heavy (non-hydrogen) atoms. The molecular formula is C10H14F3N3O. The van der Waals surface area contributed by atoms with E-state index in [0.717, 1.165) is 0 Å². The van der Waals surface area contributed by atoms with Crippen molar-refractivity contribution in [1.82, 2.24) is 15.3 Å². The summed E-state index contributed by atoms with van der Waals surface area (Å²) in [5.41, 5.74) is -0.240. The Labute approximate surface area is 97.2 Å². The van der Waals surface area contributed by atoms with Gasteiger partial charge in [0.25, 0.3) is 0 Å². The van der Waals surface area contributed by atoms with Crippen molar-refractivity contribution in [3.05, 3.63) is 18.1 Å². The van der Waals surface area contributed by atoms with Crippen molar-refractivity contribution >= 4 is 0 Å². The highest BCUT2D eigenvalue weighted by Gasteiger charge is 2.43. The smallest absolute Gasteiger partial charge is 0.409 e. The average molecular weight is 249 g/mol. The Morgan fingerprint density at radius 2 is 2.00 bits per heavy atom. The Kier molecular flexibility index (Phi) is 4.68. The topological polar surface area (TPSA) is 47.0 Å². The van der Waals surface area contributed by atoms with E-state index in [9.17, 15) is 13.2 Å². The molecule has 1 atom stereocenters. The molecule has 0 amide bonds. The molecule has 4 nitrogen and oxygen atoms in total. The number of alkyl halides is 3. The Balaban J connectivity index is 3.03. The molecule has 0 aliphatic heterocycles. The van der Waals surface area contributed by atoms with Crippen LogP contribution in [0, 0.1) is 0 Å². The molecule has 7 heteroatoms. The molecule has 0 spiro atoms. The summed E-state index contributed by atoms with van der Waals surface area (Å²) in [7, 11) is 1.26. The monoisotopic (exact) mass is 249 g/mol. The third-order valence-corrected chi connectivity index (χ3v) is 2.08. The molecule has 0 saturated carbocycles. The molecule has 0 aromatic carbocycles. The van der Waals surface area contributed by atoms with Crippen LogP contribution in [0.1, 0.15) is 25.1 Å². The standard InChI is InChI=1S/C10H14F3N3O/c1-3-4-15-8(10(11,12)13)7-9(17-2)16-6-5-14-7/h5-6,8,15H,3-4H2,1-2H3. The van der Waals surface area contributed by atoms with Crippen LogP contribution in [0.2, 0.25) is 0 Å². The Morgan fingerprint density at radius 1 is 1.35 bits per heavy atom. The summed E-state index contributed by atoms with van der Waals surface area (Å²) in [6.45, 7) is 2.03. The number of hydrogen-bond donors (Lipinski definition) is 1. The van der Waals surface area contributed by atoms with Crippen LogP contribution in [0.15, 0.2) is 12.4 Å². The van der Waals surface area contributed by atoms with Crippen molar-refractivity contribution in [3.8, 4) is 5.88 Å². The summed E-state index contributed by atoms with van der Waals surface area (Å²) in [6, 6.07) is -1.86. The fourth-order valence-electron chi connectivity index (χ4n) is 1.35. The zero-order chi connectivity index (χ0) is 12.9. The summed E-state index contributed by atoms with van der Waals surface area (Å²) in [6.07, 6.45) is -1.34. The lowest BCUT2D eigenvalue weighted by Gasteiger charge is -2.21. The minimum Gasteiger partial charge on any atom is -0.480 e. The van der Waals surface area contributed by atoms with Crippen molar-refractivity contribution in [3.63, 3.8) is 0 Å². The number of nitrogens with one attached hydrogen (secondary N) is 1. The minimum atomic E-state index is -4.43. The summed E-state index contributed by atoms with van der Waals surface area (Å²) in [5.74, 6) is -0.113. The number of rotatable bonds is 5. The van der Waals surface area contributed by atoms with Crippen LogP contribution >= 0.6 is 0 Å². The first kappa shape index (κ1) is 13.7. The van der Waals surface area contributed by atoms with E-state index < -0.39 is 12.2 Å². The molecule has 1 aromatic heterocycles. The van der Waals surface area contributed by atoms with E-state index in [1.807, 2.05) is 0 Å². The average Bonchev–Trinajstić information content (AvgIpc) is 2.28. The molecule has 96 valence electrons. The summed E-state index contributed by atoms with van der Waals surface area (Å²) in [4.78, 5) is 7.41. The Hall–Kier alpha value is -1.37. The highest BCUT2D eigenvalue weighted by Crippen LogP contribution is 2.34. The molecule has 1 aromatic rings. The van der Waals surface area contributed by atoms with Gasteiger partial charge in [-0.05, 0) is 13.0 Å². The first-order valence-electron chi connectivity index (χ1n) is 5.15. The number of aromatic nitrogens is 2. The predicted molar refractivity (Wildman–Crippen MR) is 55.7 cm³/mol. The fourth-order valence-corrected chi connectivity index (χ4v) is 1.35. The summed E-state index contributed by atoms with van der Waals surface area (Å²) < 4.78 is 43.4. The lowest BCUT2D eigenvalue weighted by atomic mass is 10.2. The molecule has 1 rings (SSSR count). The van der Waals surface area contributed by atoms with Crippen molar-refractivity contribution in [1.29, 1.82) is 0 Å². The lowest BCUT2D eigenvalue weighted by molar-refractivity contribution is -0.158. The van der Waals surface area contributed by atoms with E-state index in [1.54, 1.807) is 6.92 Å². The molecule has 0 aliphatic carbocycles. The highest BCUT2D eigenvalue weighted by molar-refractivity contribution is 5.22. The number of ether oxygens (including phenoxy) is 1. The Morgan fingerprint density at radius 3 is 2.53 bits per heavy atom. The SMILES string of the molecule is CCCNC(c1nccnc1OC)C(F)(F)F. The van der Waals surface area contributed by atoms with E-state index in [-0.39, 0.29) is 18.1 Å². The second-order valence-corrected chi connectivity index (χ2v) is 3.38. The van der Waals surface area contributed by atoms with E-state index in [2.05, 4.69) is 15.3 Å². The molecule has 1 N–H and O–H groups in total. The molecule has 0 fully saturated rings. The molecule has 0 aliphatic rings. The van der Waals surface area contributed by atoms with Crippen LogP contribution in [0.25, 0.3) is 0 Å². The van der Waals surface area contributed by atoms with Gasteiger partial charge in [0.05, 0.1) is 7.11 Å². The van der Waals surface area contributed by atoms with Crippen LogP contribution < -0.4 is 10.1 Å².